The van der Waals surface area contributed by atoms with E-state index in [2.05, 4.69) is 0 Å². The first-order valence-electron chi connectivity index (χ1n) is 5.89. The summed E-state index contributed by atoms with van der Waals surface area (Å²) in [6.45, 7) is 0. The smallest absolute Gasteiger partial charge is 0.338 e. The van der Waals surface area contributed by atoms with Crippen LogP contribution in [-0.2, 0) is 9.59 Å². The van der Waals surface area contributed by atoms with E-state index in [4.69, 9.17) is 5.11 Å². The van der Waals surface area contributed by atoms with Gasteiger partial charge in [0.1, 0.15) is 5.82 Å². The molecule has 0 bridgehead atoms. The molecule has 0 spiro atoms. The summed E-state index contributed by atoms with van der Waals surface area (Å²) in [5.74, 6) is -3.10. The van der Waals surface area contributed by atoms with E-state index >= 15 is 0 Å². The highest BCUT2D eigenvalue weighted by molar-refractivity contribution is 6.15. The van der Waals surface area contributed by atoms with Gasteiger partial charge in [-0.15, -0.1) is 0 Å². The summed E-state index contributed by atoms with van der Waals surface area (Å²) in [6.07, 6.45) is 1.69. The number of carboxylic acids is 1. The lowest BCUT2D eigenvalue weighted by Crippen LogP contribution is -2.35. The fraction of sp³-hybridized carbons (Fsp3) is 0.308. The van der Waals surface area contributed by atoms with Crippen LogP contribution in [0, 0.1) is 5.82 Å². The summed E-state index contributed by atoms with van der Waals surface area (Å²) < 4.78 is 13.3. The van der Waals surface area contributed by atoms with Crippen molar-refractivity contribution in [1.29, 1.82) is 0 Å². The van der Waals surface area contributed by atoms with E-state index in [1.165, 1.54) is 6.07 Å². The Morgan fingerprint density at radius 1 is 1.16 bits per heavy atom. The highest BCUT2D eigenvalue weighted by atomic mass is 19.1. The minimum Gasteiger partial charge on any atom is -0.478 e. The van der Waals surface area contributed by atoms with Crippen LogP contribution >= 0.6 is 0 Å². The van der Waals surface area contributed by atoms with Crippen molar-refractivity contribution in [3.63, 3.8) is 0 Å². The highest BCUT2D eigenvalue weighted by Crippen LogP contribution is 2.24. The van der Waals surface area contributed by atoms with Crippen LogP contribution in [0.3, 0.4) is 0 Å². The summed E-state index contributed by atoms with van der Waals surface area (Å²) in [4.78, 5) is 35.5. The van der Waals surface area contributed by atoms with Gasteiger partial charge in [0.25, 0.3) is 0 Å². The molecule has 0 unspecified atom stereocenters. The molecule has 1 aliphatic heterocycles. The van der Waals surface area contributed by atoms with Crippen molar-refractivity contribution in [3.05, 3.63) is 29.6 Å². The molecule has 2 rings (SSSR count). The van der Waals surface area contributed by atoms with E-state index in [1.807, 2.05) is 0 Å². The van der Waals surface area contributed by atoms with Gasteiger partial charge < -0.3 is 5.11 Å². The molecule has 1 aromatic carbocycles. The van der Waals surface area contributed by atoms with Gasteiger partial charge in [0, 0.05) is 12.8 Å². The molecule has 0 aliphatic carbocycles. The normalized spacial score (nSPS) is 16.4. The van der Waals surface area contributed by atoms with E-state index in [0.717, 1.165) is 17.0 Å². The van der Waals surface area contributed by atoms with Gasteiger partial charge in [-0.1, -0.05) is 0 Å². The van der Waals surface area contributed by atoms with Crippen molar-refractivity contribution in [2.45, 2.75) is 25.7 Å². The zero-order valence-electron chi connectivity index (χ0n) is 10.1. The molecule has 6 heteroatoms. The second-order valence-electron chi connectivity index (χ2n) is 4.30. The second-order valence-corrected chi connectivity index (χ2v) is 4.30. The van der Waals surface area contributed by atoms with E-state index < -0.39 is 17.3 Å². The number of amides is 2. The van der Waals surface area contributed by atoms with Crippen LogP contribution < -0.4 is 4.90 Å². The van der Waals surface area contributed by atoms with Gasteiger partial charge in [0.2, 0.25) is 11.8 Å². The van der Waals surface area contributed by atoms with Crippen molar-refractivity contribution in [1.82, 2.24) is 0 Å². The maximum Gasteiger partial charge on any atom is 0.338 e. The molecule has 0 aromatic heterocycles. The van der Waals surface area contributed by atoms with E-state index in [9.17, 15) is 18.8 Å². The lowest BCUT2D eigenvalue weighted by molar-refractivity contribution is -0.125. The molecule has 100 valence electrons. The number of imide groups is 1. The summed E-state index contributed by atoms with van der Waals surface area (Å²) in [5, 5.41) is 8.85. The lowest BCUT2D eigenvalue weighted by atomic mass is 10.1. The maximum atomic E-state index is 13.3. The Morgan fingerprint density at radius 2 is 1.74 bits per heavy atom. The minimum absolute atomic E-state index is 0.107. The molecular formula is C13H12FNO4. The summed E-state index contributed by atoms with van der Waals surface area (Å²) in [7, 11) is 0. The van der Waals surface area contributed by atoms with E-state index in [1.54, 1.807) is 0 Å². The van der Waals surface area contributed by atoms with Crippen LogP contribution in [0.2, 0.25) is 0 Å². The van der Waals surface area contributed by atoms with Gasteiger partial charge in [-0.3, -0.25) is 14.5 Å². The zero-order valence-corrected chi connectivity index (χ0v) is 10.1. The van der Waals surface area contributed by atoms with E-state index in [-0.39, 0.29) is 30.3 Å². The second kappa shape index (κ2) is 5.17. The Kier molecular flexibility index (Phi) is 3.59. The van der Waals surface area contributed by atoms with Crippen molar-refractivity contribution < 1.29 is 23.9 Å². The van der Waals surface area contributed by atoms with Crippen molar-refractivity contribution in [2.75, 3.05) is 4.90 Å². The number of rotatable bonds is 2. The Hall–Kier alpha value is -2.24. The number of hydrogen-bond acceptors (Lipinski definition) is 3. The Bertz CT molecular complexity index is 538. The van der Waals surface area contributed by atoms with Crippen molar-refractivity contribution in [2.24, 2.45) is 0 Å². The number of hydrogen-bond donors (Lipinski definition) is 1. The Labute approximate surface area is 108 Å². The Morgan fingerprint density at radius 3 is 2.26 bits per heavy atom. The minimum atomic E-state index is -1.44. The number of aromatic carboxylic acids is 1. The molecule has 1 fully saturated rings. The molecule has 19 heavy (non-hydrogen) atoms. The number of carbonyl (C=O) groups is 3. The molecule has 1 aromatic rings. The first-order chi connectivity index (χ1) is 9.00. The molecule has 5 nitrogen and oxygen atoms in total. The lowest BCUT2D eigenvalue weighted by Gasteiger charge is -2.19. The summed E-state index contributed by atoms with van der Waals surface area (Å²) in [6, 6.07) is 3.20. The molecule has 1 aliphatic rings. The quantitative estimate of drug-likeness (QED) is 0.829. The van der Waals surface area contributed by atoms with Gasteiger partial charge in [0.15, 0.2) is 0 Å². The number of carbonyl (C=O) groups excluding carboxylic acids is 2. The van der Waals surface area contributed by atoms with Gasteiger partial charge in [0.05, 0.1) is 11.3 Å². The summed E-state index contributed by atoms with van der Waals surface area (Å²) >= 11 is 0. The first kappa shape index (κ1) is 13.2. The fourth-order valence-corrected chi connectivity index (χ4v) is 2.02. The number of benzene rings is 1. The molecule has 1 N–H and O–H groups in total. The summed E-state index contributed by atoms with van der Waals surface area (Å²) in [5.41, 5.74) is -0.446. The number of carboxylic acid groups (broad SMARTS) is 1. The highest BCUT2D eigenvalue weighted by Gasteiger charge is 2.26. The zero-order chi connectivity index (χ0) is 14.0. The van der Waals surface area contributed by atoms with Crippen molar-refractivity contribution >= 4 is 23.5 Å². The van der Waals surface area contributed by atoms with Crippen LogP contribution in [0.15, 0.2) is 18.2 Å². The third-order valence-electron chi connectivity index (χ3n) is 2.97. The van der Waals surface area contributed by atoms with Gasteiger partial charge in [-0.25, -0.2) is 9.18 Å². The van der Waals surface area contributed by atoms with Gasteiger partial charge in [-0.2, -0.15) is 0 Å². The monoisotopic (exact) mass is 265 g/mol. The SMILES string of the molecule is O=C(O)c1cc(N2C(=O)CCCCC2=O)ccc1F. The first-order valence-corrected chi connectivity index (χ1v) is 5.89. The van der Waals surface area contributed by atoms with Crippen LogP contribution in [0.4, 0.5) is 10.1 Å². The predicted molar refractivity (Wildman–Crippen MR) is 64.3 cm³/mol. The van der Waals surface area contributed by atoms with Crippen LogP contribution in [0.1, 0.15) is 36.0 Å². The predicted octanol–water partition coefficient (Wildman–Crippen LogP) is 1.96. The maximum absolute atomic E-state index is 13.3. The van der Waals surface area contributed by atoms with E-state index in [0.29, 0.717) is 12.8 Å². The average Bonchev–Trinajstić information content (AvgIpc) is 2.52. The van der Waals surface area contributed by atoms with Crippen LogP contribution in [0.25, 0.3) is 0 Å². The van der Waals surface area contributed by atoms with Gasteiger partial charge in [-0.05, 0) is 31.0 Å². The van der Waals surface area contributed by atoms with Gasteiger partial charge >= 0.3 is 5.97 Å². The molecule has 2 amide bonds. The third-order valence-corrected chi connectivity index (χ3v) is 2.97. The number of anilines is 1. The standard InChI is InChI=1S/C13H12FNO4/c14-10-6-5-8(7-9(10)13(18)19)15-11(16)3-1-2-4-12(15)17/h5-7H,1-4H2,(H,18,19). The largest absolute Gasteiger partial charge is 0.478 e. The number of halogens is 1. The Balaban J connectivity index is 2.44. The number of nitrogens with zero attached hydrogens (tertiary/aromatic N) is 1. The average molecular weight is 265 g/mol. The molecule has 0 saturated carbocycles. The molecular weight excluding hydrogens is 253 g/mol. The molecule has 0 radical (unpaired) electrons. The third kappa shape index (κ3) is 2.62. The molecule has 1 saturated heterocycles. The van der Waals surface area contributed by atoms with Crippen LogP contribution in [-0.4, -0.2) is 22.9 Å². The topological polar surface area (TPSA) is 74.7 Å². The fourth-order valence-electron chi connectivity index (χ4n) is 2.02. The van der Waals surface area contributed by atoms with Crippen LogP contribution in [0.5, 0.6) is 0 Å². The molecule has 0 atom stereocenters. The van der Waals surface area contributed by atoms with Crippen molar-refractivity contribution in [3.8, 4) is 0 Å². The molecule has 1 heterocycles.